The molecule has 0 heterocycles. The average Bonchev–Trinajstić information content (AvgIpc) is 2.32. The van der Waals surface area contributed by atoms with Gasteiger partial charge in [-0.25, -0.2) is 0 Å². The molecule has 2 aromatic rings. The molecule has 3 heteroatoms. The van der Waals surface area contributed by atoms with Gasteiger partial charge in [-0.2, -0.15) is 0 Å². The zero-order valence-corrected chi connectivity index (χ0v) is 11.3. The summed E-state index contributed by atoms with van der Waals surface area (Å²) in [6, 6.07) is 21.5. The number of hydrogen-bond donors (Lipinski definition) is 0. The maximum absolute atomic E-state index is 2.22. The summed E-state index contributed by atoms with van der Waals surface area (Å²) < 4.78 is 0. The molecule has 70 valence electrons. The van der Waals surface area contributed by atoms with Gasteiger partial charge in [-0.05, 0) is 0 Å². The quantitative estimate of drug-likeness (QED) is 0.684. The van der Waals surface area contributed by atoms with E-state index in [1.165, 1.54) is 10.4 Å². The van der Waals surface area contributed by atoms with Crippen LogP contribution in [0.1, 0.15) is 0 Å². The Labute approximate surface area is 97.8 Å². The Morgan fingerprint density at radius 2 is 0.933 bits per heavy atom. The molecule has 0 aromatic heterocycles. The topological polar surface area (TPSA) is 0 Å². The Morgan fingerprint density at radius 1 is 0.533 bits per heavy atom. The van der Waals surface area contributed by atoms with Gasteiger partial charge in [-0.3, -0.25) is 0 Å². The Bertz CT molecular complexity index is 347. The Morgan fingerprint density at radius 3 is 1.33 bits per heavy atom. The van der Waals surface area contributed by atoms with Gasteiger partial charge in [0.2, 0.25) is 0 Å². The standard InChI is InChI=1S/C12H10Si3/c1-3-7-11(8-4-1)13-15-14-12-9-5-2-6-10-12/h1-10H. The summed E-state index contributed by atoms with van der Waals surface area (Å²) in [4.78, 5) is 0. The summed E-state index contributed by atoms with van der Waals surface area (Å²) in [5.74, 6) is 0. The second-order valence-corrected chi connectivity index (χ2v) is 9.51. The molecule has 0 aliphatic carbocycles. The third-order valence-electron chi connectivity index (χ3n) is 1.96. The highest BCUT2D eigenvalue weighted by Crippen LogP contribution is 1.82. The minimum atomic E-state index is 0.970. The smallest absolute Gasteiger partial charge is 0.0611 e. The van der Waals surface area contributed by atoms with Crippen molar-refractivity contribution in [2.24, 2.45) is 0 Å². The van der Waals surface area contributed by atoms with Crippen molar-refractivity contribution in [1.29, 1.82) is 0 Å². The molecule has 15 heavy (non-hydrogen) atoms. The van der Waals surface area contributed by atoms with Crippen LogP contribution in [-0.4, -0.2) is 26.6 Å². The van der Waals surface area contributed by atoms with Crippen LogP contribution in [0.5, 0.6) is 0 Å². The maximum atomic E-state index is 2.22. The van der Waals surface area contributed by atoms with Crippen molar-refractivity contribution in [3.8, 4) is 0 Å². The van der Waals surface area contributed by atoms with Gasteiger partial charge in [0.25, 0.3) is 0 Å². The van der Waals surface area contributed by atoms with E-state index in [4.69, 9.17) is 0 Å². The van der Waals surface area contributed by atoms with E-state index in [1.54, 1.807) is 0 Å². The normalized spacial score (nSPS) is 10.1. The number of benzene rings is 2. The monoisotopic (exact) mass is 238 g/mol. The van der Waals surface area contributed by atoms with Gasteiger partial charge in [-0.1, -0.05) is 71.0 Å². The van der Waals surface area contributed by atoms with E-state index in [1.807, 2.05) is 0 Å². The SMILES string of the molecule is c1ccc([Si][Si][Si]c2ccccc2)cc1. The molecule has 0 N–H and O–H groups in total. The molecular formula is C12H10Si3. The predicted octanol–water partition coefficient (Wildman–Crippen LogP) is 0.580. The molecule has 2 aromatic carbocycles. The molecule has 0 amide bonds. The Hall–Kier alpha value is -0.909. The highest BCUT2D eigenvalue weighted by Gasteiger charge is 1.97. The van der Waals surface area contributed by atoms with E-state index in [9.17, 15) is 0 Å². The van der Waals surface area contributed by atoms with E-state index in [-0.39, 0.29) is 0 Å². The fourth-order valence-corrected chi connectivity index (χ4v) is 7.50. The van der Waals surface area contributed by atoms with Crippen molar-refractivity contribution in [3.05, 3.63) is 60.7 Å². The average molecular weight is 238 g/mol. The van der Waals surface area contributed by atoms with Crippen molar-refractivity contribution in [1.82, 2.24) is 0 Å². The van der Waals surface area contributed by atoms with Crippen molar-refractivity contribution in [3.63, 3.8) is 0 Å². The van der Waals surface area contributed by atoms with E-state index < -0.39 is 0 Å². The summed E-state index contributed by atoms with van der Waals surface area (Å²) >= 11 is 0. The van der Waals surface area contributed by atoms with E-state index in [2.05, 4.69) is 60.7 Å². The molecule has 0 unspecified atom stereocenters. The maximum Gasteiger partial charge on any atom is 0.0611 e. The molecule has 0 saturated heterocycles. The third kappa shape index (κ3) is 3.62. The predicted molar refractivity (Wildman–Crippen MR) is 69.4 cm³/mol. The molecule has 0 nitrogen and oxygen atoms in total. The van der Waals surface area contributed by atoms with Crippen LogP contribution in [0.25, 0.3) is 0 Å². The second kappa shape index (κ2) is 5.85. The number of hydrogen-bond acceptors (Lipinski definition) is 0. The zero-order chi connectivity index (χ0) is 10.3. The molecule has 6 radical (unpaired) electrons. The van der Waals surface area contributed by atoms with Crippen LogP contribution in [0.2, 0.25) is 0 Å². The lowest BCUT2D eigenvalue weighted by molar-refractivity contribution is 1.77. The summed E-state index contributed by atoms with van der Waals surface area (Å²) in [7, 11) is 2.98. The molecule has 2 rings (SSSR count). The van der Waals surface area contributed by atoms with Gasteiger partial charge >= 0.3 is 0 Å². The summed E-state index contributed by atoms with van der Waals surface area (Å²) in [5, 5.41) is 2.97. The van der Waals surface area contributed by atoms with Crippen LogP contribution >= 0.6 is 0 Å². The van der Waals surface area contributed by atoms with Crippen LogP contribution in [0.3, 0.4) is 0 Å². The zero-order valence-electron chi connectivity index (χ0n) is 8.27. The molecule has 0 aliphatic heterocycles. The highest BCUT2D eigenvalue weighted by atomic mass is 29.5. The van der Waals surface area contributed by atoms with Gasteiger partial charge in [0, 0.05) is 8.55 Å². The van der Waals surface area contributed by atoms with E-state index in [0.29, 0.717) is 0 Å². The van der Waals surface area contributed by atoms with Crippen LogP contribution in [0, 0.1) is 0 Å². The van der Waals surface area contributed by atoms with Gasteiger partial charge in [0.1, 0.15) is 0 Å². The summed E-state index contributed by atoms with van der Waals surface area (Å²) in [5.41, 5.74) is 0. The molecule has 0 fully saturated rings. The van der Waals surface area contributed by atoms with Crippen molar-refractivity contribution < 1.29 is 0 Å². The van der Waals surface area contributed by atoms with Gasteiger partial charge in [-0.15, -0.1) is 0 Å². The van der Waals surface area contributed by atoms with Crippen LogP contribution in [-0.2, 0) is 0 Å². The first-order valence-corrected chi connectivity index (χ1v) is 9.82. The van der Waals surface area contributed by atoms with E-state index >= 15 is 0 Å². The van der Waals surface area contributed by atoms with Crippen molar-refractivity contribution in [2.45, 2.75) is 0 Å². The lowest BCUT2D eigenvalue weighted by Crippen LogP contribution is -2.30. The molecule has 0 atom stereocenters. The molecular weight excluding hydrogens is 228 g/mol. The molecule has 0 aliphatic rings. The van der Waals surface area contributed by atoms with E-state index in [0.717, 1.165) is 26.6 Å². The van der Waals surface area contributed by atoms with Gasteiger partial charge in [0.15, 0.2) is 0 Å². The minimum Gasteiger partial charge on any atom is -0.0681 e. The number of rotatable bonds is 4. The Balaban J connectivity index is 1.81. The minimum absolute atomic E-state index is 0.970. The van der Waals surface area contributed by atoms with Crippen LogP contribution < -0.4 is 10.4 Å². The molecule has 0 saturated carbocycles. The van der Waals surface area contributed by atoms with Crippen LogP contribution in [0.4, 0.5) is 0 Å². The fourth-order valence-electron chi connectivity index (χ4n) is 1.22. The third-order valence-corrected chi connectivity index (χ3v) is 8.19. The lowest BCUT2D eigenvalue weighted by Gasteiger charge is -1.98. The summed E-state index contributed by atoms with van der Waals surface area (Å²) in [6.07, 6.45) is 0. The van der Waals surface area contributed by atoms with Gasteiger partial charge < -0.3 is 0 Å². The fraction of sp³-hybridized carbons (Fsp3) is 0. The molecule has 0 bridgehead atoms. The first kappa shape index (κ1) is 10.6. The van der Waals surface area contributed by atoms with Crippen molar-refractivity contribution >= 4 is 37.0 Å². The second-order valence-electron chi connectivity index (χ2n) is 3.11. The first-order valence-electron chi connectivity index (χ1n) is 4.82. The largest absolute Gasteiger partial charge is 0.0681 e. The van der Waals surface area contributed by atoms with Gasteiger partial charge in [0.05, 0.1) is 18.1 Å². The Kier molecular flexibility index (Phi) is 4.13. The van der Waals surface area contributed by atoms with Crippen LogP contribution in [0.15, 0.2) is 60.7 Å². The first-order chi connectivity index (χ1) is 7.45. The summed E-state index contributed by atoms with van der Waals surface area (Å²) in [6.45, 7) is 0. The van der Waals surface area contributed by atoms with Crippen molar-refractivity contribution in [2.75, 3.05) is 0 Å². The molecule has 0 spiro atoms. The lowest BCUT2D eigenvalue weighted by atomic mass is 10.4. The highest BCUT2D eigenvalue weighted by molar-refractivity contribution is 7.35.